The molecule has 0 aliphatic carbocycles. The van der Waals surface area contributed by atoms with Crippen molar-refractivity contribution in [3.8, 4) is 0 Å². The second-order valence-electron chi connectivity index (χ2n) is 5.18. The first kappa shape index (κ1) is 16.8. The van der Waals surface area contributed by atoms with Gasteiger partial charge in [0.2, 0.25) is 0 Å². The van der Waals surface area contributed by atoms with Crippen molar-refractivity contribution < 1.29 is 8.42 Å². The highest BCUT2D eigenvalue weighted by Crippen LogP contribution is 2.15. The molecule has 0 amide bonds. The van der Waals surface area contributed by atoms with Gasteiger partial charge in [0.15, 0.2) is 0 Å². The summed E-state index contributed by atoms with van der Waals surface area (Å²) >= 11 is 0. The Bertz CT molecular complexity index is 348. The average Bonchev–Trinajstić information content (AvgIpc) is 2.84. The van der Waals surface area contributed by atoms with Crippen molar-refractivity contribution in [1.82, 2.24) is 19.2 Å². The summed E-state index contributed by atoms with van der Waals surface area (Å²) in [5.41, 5.74) is 0. The molecule has 19 heavy (non-hydrogen) atoms. The van der Waals surface area contributed by atoms with E-state index in [0.29, 0.717) is 19.0 Å². The van der Waals surface area contributed by atoms with Gasteiger partial charge in [-0.15, -0.1) is 0 Å². The first-order chi connectivity index (χ1) is 8.99. The van der Waals surface area contributed by atoms with Gasteiger partial charge in [0.25, 0.3) is 10.2 Å². The molecule has 0 radical (unpaired) electrons. The third kappa shape index (κ3) is 5.74. The second kappa shape index (κ2) is 8.16. The fourth-order valence-corrected chi connectivity index (χ4v) is 3.33. The maximum Gasteiger partial charge on any atom is 0.279 e. The zero-order valence-electron chi connectivity index (χ0n) is 12.4. The van der Waals surface area contributed by atoms with Gasteiger partial charge in [-0.2, -0.15) is 12.7 Å². The predicted molar refractivity (Wildman–Crippen MR) is 78.3 cm³/mol. The minimum Gasteiger partial charge on any atom is -0.320 e. The summed E-state index contributed by atoms with van der Waals surface area (Å²) in [4.78, 5) is 2.36. The largest absolute Gasteiger partial charge is 0.320 e. The van der Waals surface area contributed by atoms with Crippen molar-refractivity contribution in [2.24, 2.45) is 5.92 Å². The fourth-order valence-electron chi connectivity index (χ4n) is 2.30. The highest BCUT2D eigenvalue weighted by atomic mass is 32.2. The van der Waals surface area contributed by atoms with E-state index in [9.17, 15) is 8.42 Å². The third-order valence-electron chi connectivity index (χ3n) is 3.68. The lowest BCUT2D eigenvalue weighted by Gasteiger charge is -2.19. The topological polar surface area (TPSA) is 64.7 Å². The molecule has 1 aliphatic heterocycles. The van der Waals surface area contributed by atoms with Gasteiger partial charge >= 0.3 is 0 Å². The maximum absolute atomic E-state index is 12.0. The molecule has 1 saturated heterocycles. The summed E-state index contributed by atoms with van der Waals surface area (Å²) in [5.74, 6) is 0.445. The Labute approximate surface area is 117 Å². The summed E-state index contributed by atoms with van der Waals surface area (Å²) in [6.45, 7) is 7.20. The lowest BCUT2D eigenvalue weighted by atomic mass is 10.1. The molecule has 1 fully saturated rings. The Kier molecular flexibility index (Phi) is 7.23. The van der Waals surface area contributed by atoms with Crippen LogP contribution in [0.3, 0.4) is 0 Å². The second-order valence-corrected chi connectivity index (χ2v) is 7.04. The zero-order valence-corrected chi connectivity index (χ0v) is 13.2. The maximum atomic E-state index is 12.0. The van der Waals surface area contributed by atoms with E-state index >= 15 is 0 Å². The lowest BCUT2D eigenvalue weighted by molar-refractivity contribution is 0.341. The normalized spacial score (nSPS) is 21.4. The van der Waals surface area contributed by atoms with Crippen LogP contribution in [0.5, 0.6) is 0 Å². The fraction of sp³-hybridized carbons (Fsp3) is 1.00. The molecule has 0 aromatic carbocycles. The lowest BCUT2D eigenvalue weighted by Crippen LogP contribution is -2.41. The Morgan fingerprint density at radius 3 is 2.74 bits per heavy atom. The number of nitrogens with one attached hydrogen (secondary N) is 2. The number of nitrogens with zero attached hydrogens (tertiary/aromatic N) is 2. The third-order valence-corrected chi connectivity index (χ3v) is 5.22. The van der Waals surface area contributed by atoms with Crippen LogP contribution in [-0.2, 0) is 10.2 Å². The van der Waals surface area contributed by atoms with Crippen LogP contribution in [0, 0.1) is 5.92 Å². The van der Waals surface area contributed by atoms with E-state index in [0.717, 1.165) is 39.0 Å². The quantitative estimate of drug-likeness (QED) is 0.573. The number of likely N-dealkylation sites (tertiary alicyclic amines) is 1. The van der Waals surface area contributed by atoms with Crippen LogP contribution in [-0.4, -0.2) is 71.0 Å². The SMILES string of the molecule is CCN1CCC(CNS(=O)(=O)N(C)CCCNC)C1. The van der Waals surface area contributed by atoms with Gasteiger partial charge in [0, 0.05) is 26.7 Å². The first-order valence-electron chi connectivity index (χ1n) is 7.07. The van der Waals surface area contributed by atoms with E-state index in [1.807, 2.05) is 7.05 Å². The monoisotopic (exact) mass is 292 g/mol. The van der Waals surface area contributed by atoms with E-state index < -0.39 is 10.2 Å². The number of hydrogen-bond acceptors (Lipinski definition) is 4. The van der Waals surface area contributed by atoms with Crippen LogP contribution in [0.4, 0.5) is 0 Å². The first-order valence-corrected chi connectivity index (χ1v) is 8.51. The average molecular weight is 292 g/mol. The Morgan fingerprint density at radius 2 is 2.16 bits per heavy atom. The van der Waals surface area contributed by atoms with Gasteiger partial charge in [0.05, 0.1) is 0 Å². The summed E-state index contributed by atoms with van der Waals surface area (Å²) in [6.07, 6.45) is 1.90. The molecule has 0 bridgehead atoms. The van der Waals surface area contributed by atoms with Crippen LogP contribution in [0.15, 0.2) is 0 Å². The molecule has 2 N–H and O–H groups in total. The van der Waals surface area contributed by atoms with Gasteiger partial charge in [-0.05, 0) is 45.4 Å². The molecule has 0 spiro atoms. The van der Waals surface area contributed by atoms with E-state index in [1.165, 1.54) is 4.31 Å². The van der Waals surface area contributed by atoms with E-state index in [2.05, 4.69) is 21.9 Å². The zero-order chi connectivity index (χ0) is 14.3. The van der Waals surface area contributed by atoms with Gasteiger partial charge in [-0.3, -0.25) is 0 Å². The van der Waals surface area contributed by atoms with Crippen molar-refractivity contribution in [2.75, 3.05) is 53.4 Å². The molecular weight excluding hydrogens is 264 g/mol. The molecule has 0 aromatic rings. The van der Waals surface area contributed by atoms with Crippen LogP contribution < -0.4 is 10.0 Å². The van der Waals surface area contributed by atoms with Crippen LogP contribution in [0.25, 0.3) is 0 Å². The van der Waals surface area contributed by atoms with Crippen molar-refractivity contribution in [1.29, 1.82) is 0 Å². The van der Waals surface area contributed by atoms with Crippen molar-refractivity contribution in [3.05, 3.63) is 0 Å². The van der Waals surface area contributed by atoms with E-state index in [4.69, 9.17) is 0 Å². The molecule has 1 heterocycles. The van der Waals surface area contributed by atoms with Crippen LogP contribution in [0.1, 0.15) is 19.8 Å². The van der Waals surface area contributed by atoms with Gasteiger partial charge in [0.1, 0.15) is 0 Å². The van der Waals surface area contributed by atoms with Crippen molar-refractivity contribution in [2.45, 2.75) is 19.8 Å². The van der Waals surface area contributed by atoms with E-state index in [1.54, 1.807) is 7.05 Å². The molecule has 114 valence electrons. The summed E-state index contributed by atoms with van der Waals surface area (Å²) < 4.78 is 28.1. The number of hydrogen-bond donors (Lipinski definition) is 2. The molecule has 1 unspecified atom stereocenters. The molecule has 0 aromatic heterocycles. The van der Waals surface area contributed by atoms with Gasteiger partial charge in [-0.1, -0.05) is 6.92 Å². The molecule has 0 saturated carbocycles. The Hall–Kier alpha value is -0.210. The summed E-state index contributed by atoms with van der Waals surface area (Å²) in [6, 6.07) is 0. The molecule has 1 rings (SSSR count). The predicted octanol–water partition coefficient (Wildman–Crippen LogP) is -0.296. The van der Waals surface area contributed by atoms with Crippen molar-refractivity contribution >= 4 is 10.2 Å². The minimum atomic E-state index is -3.32. The van der Waals surface area contributed by atoms with Gasteiger partial charge in [-0.25, -0.2) is 4.72 Å². The molecule has 1 atom stereocenters. The van der Waals surface area contributed by atoms with Crippen molar-refractivity contribution in [3.63, 3.8) is 0 Å². The number of rotatable bonds is 9. The molecule has 6 nitrogen and oxygen atoms in total. The van der Waals surface area contributed by atoms with E-state index in [-0.39, 0.29) is 0 Å². The Morgan fingerprint density at radius 1 is 1.42 bits per heavy atom. The highest BCUT2D eigenvalue weighted by Gasteiger charge is 2.24. The van der Waals surface area contributed by atoms with Crippen LogP contribution in [0.2, 0.25) is 0 Å². The Balaban J connectivity index is 2.30. The highest BCUT2D eigenvalue weighted by molar-refractivity contribution is 7.87. The summed E-state index contributed by atoms with van der Waals surface area (Å²) in [5, 5.41) is 3.02. The summed E-state index contributed by atoms with van der Waals surface area (Å²) in [7, 11) is 0.182. The minimum absolute atomic E-state index is 0.445. The van der Waals surface area contributed by atoms with Crippen LogP contribution >= 0.6 is 0 Å². The molecular formula is C12H28N4O2S. The molecule has 1 aliphatic rings. The van der Waals surface area contributed by atoms with Gasteiger partial charge < -0.3 is 10.2 Å². The molecule has 7 heteroatoms. The smallest absolute Gasteiger partial charge is 0.279 e. The standard InChI is InChI=1S/C12H28N4O2S/c1-4-16-9-6-12(11-16)10-14-19(17,18)15(3)8-5-7-13-2/h12-14H,4-11H2,1-3H3.